The third kappa shape index (κ3) is 6.83. The van der Waals surface area contributed by atoms with Crippen molar-refractivity contribution in [2.45, 2.75) is 17.9 Å². The summed E-state index contributed by atoms with van der Waals surface area (Å²) in [4.78, 5) is 3.08. The van der Waals surface area contributed by atoms with Gasteiger partial charge in [-0.3, -0.25) is 0 Å². The van der Waals surface area contributed by atoms with Crippen LogP contribution >= 0.6 is 34.7 Å². The summed E-state index contributed by atoms with van der Waals surface area (Å²) in [5.41, 5.74) is 9.92. The Morgan fingerprint density at radius 2 is 1.87 bits per heavy atom. The molecule has 204 valence electrons. The van der Waals surface area contributed by atoms with Crippen LogP contribution in [0, 0.1) is 0 Å². The van der Waals surface area contributed by atoms with E-state index < -0.39 is 15.9 Å². The van der Waals surface area contributed by atoms with Crippen LogP contribution in [0.5, 0.6) is 0 Å². The molecule has 0 bridgehead atoms. The Kier molecular flexibility index (Phi) is 8.92. The molecular formula is C28H28ClN3O4S3. The van der Waals surface area contributed by atoms with Gasteiger partial charge in [0.25, 0.3) is 5.01 Å². The number of aromatic nitrogens is 1. The van der Waals surface area contributed by atoms with Crippen LogP contribution in [0.2, 0.25) is 5.02 Å². The van der Waals surface area contributed by atoms with E-state index in [1.807, 2.05) is 41.3 Å². The van der Waals surface area contributed by atoms with Crippen molar-refractivity contribution in [1.82, 2.24) is 0 Å². The van der Waals surface area contributed by atoms with Gasteiger partial charge in [-0.1, -0.05) is 71.1 Å². The molecule has 0 aliphatic carbocycles. The summed E-state index contributed by atoms with van der Waals surface area (Å²) >= 11 is 9.59. The Morgan fingerprint density at radius 3 is 2.64 bits per heavy atom. The first-order valence-corrected chi connectivity index (χ1v) is 16.1. The van der Waals surface area contributed by atoms with Crippen LogP contribution in [0.25, 0.3) is 27.4 Å². The number of hydrogen-bond donors (Lipinski definition) is 1. The highest BCUT2D eigenvalue weighted by molar-refractivity contribution is 8.03. The molecule has 1 aliphatic heterocycles. The lowest BCUT2D eigenvalue weighted by Gasteiger charge is -2.20. The molecular weight excluding hydrogens is 574 g/mol. The van der Waals surface area contributed by atoms with Crippen LogP contribution in [0.4, 0.5) is 5.69 Å². The van der Waals surface area contributed by atoms with Gasteiger partial charge in [0.2, 0.25) is 5.52 Å². The maximum atomic E-state index is 11.3. The van der Waals surface area contributed by atoms with E-state index in [1.165, 1.54) is 0 Å². The second-order valence-electron chi connectivity index (χ2n) is 9.01. The van der Waals surface area contributed by atoms with Crippen molar-refractivity contribution < 1.29 is 22.3 Å². The number of halogens is 1. The highest BCUT2D eigenvalue weighted by Gasteiger charge is 2.28. The molecule has 1 aromatic heterocycles. The summed E-state index contributed by atoms with van der Waals surface area (Å²) in [6, 6.07) is 22.5. The molecule has 0 unspecified atom stereocenters. The van der Waals surface area contributed by atoms with Gasteiger partial charge in [-0.05, 0) is 41.8 Å². The van der Waals surface area contributed by atoms with Gasteiger partial charge < -0.3 is 19.9 Å². The number of hydrogen-bond acceptors (Lipinski definition) is 8. The fourth-order valence-corrected chi connectivity index (χ4v) is 7.44. The zero-order valence-corrected chi connectivity index (χ0v) is 24.3. The molecule has 4 aromatic rings. The smallest absolute Gasteiger partial charge is 0.265 e. The fraction of sp³-hybridized carbons (Fsp3) is 0.250. The van der Waals surface area contributed by atoms with Crippen molar-refractivity contribution >= 4 is 66.8 Å². The van der Waals surface area contributed by atoms with Crippen LogP contribution in [-0.2, 0) is 21.4 Å². The Morgan fingerprint density at radius 1 is 1.05 bits per heavy atom. The summed E-state index contributed by atoms with van der Waals surface area (Å²) < 4.78 is 42.9. The summed E-state index contributed by atoms with van der Waals surface area (Å²) in [7, 11) is -4.30. The average molecular weight is 602 g/mol. The lowest BCUT2D eigenvalue weighted by Crippen LogP contribution is -2.38. The minimum absolute atomic E-state index is 0.218. The third-order valence-electron chi connectivity index (χ3n) is 6.27. The van der Waals surface area contributed by atoms with Gasteiger partial charge in [0.15, 0.2) is 6.54 Å². The maximum Gasteiger partial charge on any atom is 0.265 e. The van der Waals surface area contributed by atoms with Crippen molar-refractivity contribution in [1.29, 1.82) is 0 Å². The molecule has 2 N–H and O–H groups in total. The van der Waals surface area contributed by atoms with Gasteiger partial charge in [-0.25, -0.2) is 8.42 Å². The highest BCUT2D eigenvalue weighted by atomic mass is 35.5. The van der Waals surface area contributed by atoms with E-state index >= 15 is 0 Å². The van der Waals surface area contributed by atoms with Crippen LogP contribution < -0.4 is 15.2 Å². The molecule has 0 saturated heterocycles. The van der Waals surface area contributed by atoms with E-state index in [0.717, 1.165) is 42.0 Å². The number of fused-ring (bicyclic) bond motifs is 2. The van der Waals surface area contributed by atoms with Crippen molar-refractivity contribution in [2.24, 2.45) is 5.73 Å². The first kappa shape index (κ1) is 28.1. The number of thioether (sulfide) groups is 1. The van der Waals surface area contributed by atoms with Gasteiger partial charge in [0.05, 0.1) is 33.5 Å². The quantitative estimate of drug-likeness (QED) is 0.141. The van der Waals surface area contributed by atoms with Gasteiger partial charge >= 0.3 is 0 Å². The van der Waals surface area contributed by atoms with Crippen LogP contribution in [0.15, 0.2) is 76.7 Å². The first-order chi connectivity index (χ1) is 18.8. The Labute approximate surface area is 241 Å². The van der Waals surface area contributed by atoms with E-state index in [9.17, 15) is 13.0 Å². The summed E-state index contributed by atoms with van der Waals surface area (Å²) in [6.45, 7) is 2.52. The number of nitrogens with zero attached hydrogens (tertiary/aromatic N) is 2. The standard InChI is InChI=1S/C28H28ClN3O4S3/c29-22-8-10-26-24(18-22)31(12-4-16-39(33,34)35)27(38-26)19-28-32(13-15-36-14-11-30)23-17-21(7-9-25(23)37-28)20-5-2-1-3-6-20/h1-3,5-10,17-19H,4,11-16,30H2. The molecule has 5 rings (SSSR count). The molecule has 2 heterocycles. The fourth-order valence-electron chi connectivity index (χ4n) is 4.51. The molecule has 11 heteroatoms. The molecule has 0 radical (unpaired) electrons. The molecule has 0 saturated carbocycles. The van der Waals surface area contributed by atoms with Crippen LogP contribution in [0.3, 0.4) is 0 Å². The predicted molar refractivity (Wildman–Crippen MR) is 159 cm³/mol. The molecule has 0 atom stereocenters. The van der Waals surface area contributed by atoms with Crippen LogP contribution in [-0.4, -0.2) is 45.0 Å². The molecule has 39 heavy (non-hydrogen) atoms. The van der Waals surface area contributed by atoms with E-state index in [4.69, 9.17) is 22.1 Å². The topological polar surface area (TPSA) is 99.6 Å². The van der Waals surface area contributed by atoms with Gasteiger partial charge in [0.1, 0.15) is 11.3 Å². The Hall–Kier alpha value is -2.44. The normalized spacial score (nSPS) is 14.4. The molecule has 3 aromatic carbocycles. The van der Waals surface area contributed by atoms with Crippen molar-refractivity contribution in [2.75, 3.05) is 37.0 Å². The number of ether oxygens (including phenoxy) is 1. The zero-order valence-electron chi connectivity index (χ0n) is 21.1. The third-order valence-corrected chi connectivity index (χ3v) is 9.52. The molecule has 0 spiro atoms. The number of thiazole rings is 1. The molecule has 7 nitrogen and oxygen atoms in total. The second-order valence-corrected chi connectivity index (χ2v) is 13.1. The highest BCUT2D eigenvalue weighted by Crippen LogP contribution is 2.48. The van der Waals surface area contributed by atoms with Gasteiger partial charge in [-0.2, -0.15) is 4.57 Å². The Balaban J connectivity index is 1.55. The van der Waals surface area contributed by atoms with Crippen molar-refractivity contribution in [3.63, 3.8) is 0 Å². The molecule has 0 amide bonds. The Bertz CT molecular complexity index is 1610. The second kappa shape index (κ2) is 12.4. The summed E-state index contributed by atoms with van der Waals surface area (Å²) in [6.07, 6.45) is 2.34. The van der Waals surface area contributed by atoms with E-state index in [0.29, 0.717) is 37.9 Å². The number of benzene rings is 3. The maximum absolute atomic E-state index is 11.3. The van der Waals surface area contributed by atoms with E-state index in [1.54, 1.807) is 23.1 Å². The number of rotatable bonds is 11. The first-order valence-electron chi connectivity index (χ1n) is 12.5. The molecule has 0 fully saturated rings. The van der Waals surface area contributed by atoms with Crippen molar-refractivity contribution in [3.8, 4) is 11.1 Å². The van der Waals surface area contributed by atoms with E-state index in [2.05, 4.69) is 41.0 Å². The zero-order chi connectivity index (χ0) is 27.4. The van der Waals surface area contributed by atoms with Crippen molar-refractivity contribution in [3.05, 3.63) is 81.8 Å². The lowest BCUT2D eigenvalue weighted by molar-refractivity contribution is -0.670. The number of anilines is 1. The largest absolute Gasteiger partial charge is 0.748 e. The minimum Gasteiger partial charge on any atom is -0.748 e. The van der Waals surface area contributed by atoms with E-state index in [-0.39, 0.29) is 6.42 Å². The number of nitrogens with two attached hydrogens (primary N) is 1. The van der Waals surface area contributed by atoms with Gasteiger partial charge in [0, 0.05) is 34.8 Å². The monoisotopic (exact) mass is 601 g/mol. The molecule has 1 aliphatic rings. The summed E-state index contributed by atoms with van der Waals surface area (Å²) in [5.74, 6) is -0.416. The summed E-state index contributed by atoms with van der Waals surface area (Å²) in [5, 5.41) is 2.58. The average Bonchev–Trinajstić information content (AvgIpc) is 3.43. The minimum atomic E-state index is -4.30. The SMILES string of the molecule is NCCOCC[n+]1c(C=C2Sc3ccc(Cl)cc3N2CCCS(=O)(=O)[O-])sc2ccc(-c3ccccc3)cc21. The predicted octanol–water partition coefficient (Wildman–Crippen LogP) is 5.33. The lowest BCUT2D eigenvalue weighted by atomic mass is 10.1. The van der Waals surface area contributed by atoms with Crippen LogP contribution in [0.1, 0.15) is 11.4 Å². The van der Waals surface area contributed by atoms with Gasteiger partial charge in [-0.15, -0.1) is 0 Å².